The Morgan fingerprint density at radius 3 is 1.12 bits per heavy atom. The van der Waals surface area contributed by atoms with Gasteiger partial charge in [-0.25, -0.2) is 19.2 Å². The molecule has 0 bridgehead atoms. The van der Waals surface area contributed by atoms with Crippen molar-refractivity contribution in [2.24, 2.45) is 0 Å². The third-order valence-electron chi connectivity index (χ3n) is 13.7. The van der Waals surface area contributed by atoms with Gasteiger partial charge in [-0.3, -0.25) is 0 Å². The molecule has 0 saturated heterocycles. The molecule has 0 atom stereocenters. The summed E-state index contributed by atoms with van der Waals surface area (Å²) in [5.41, 5.74) is 10.3. The Morgan fingerprint density at radius 2 is 0.760 bits per heavy atom. The first-order chi connectivity index (χ1) is 36.6. The molecular formula is C65H70O10. The summed E-state index contributed by atoms with van der Waals surface area (Å²) < 4.78 is 33.4. The molecule has 0 unspecified atom stereocenters. The molecule has 0 fully saturated rings. The summed E-state index contributed by atoms with van der Waals surface area (Å²) >= 11 is 0. The molecular weight excluding hydrogens is 941 g/mol. The Bertz CT molecular complexity index is 2650. The van der Waals surface area contributed by atoms with E-state index in [2.05, 4.69) is 63.4 Å². The van der Waals surface area contributed by atoms with Gasteiger partial charge in [-0.2, -0.15) is 0 Å². The van der Waals surface area contributed by atoms with Crippen LogP contribution >= 0.6 is 0 Å². The highest BCUT2D eigenvalue weighted by Gasteiger charge is 2.42. The molecule has 75 heavy (non-hydrogen) atoms. The SMILES string of the molecule is C=CC(=O)OCCCCCCOc1ccc(C(=O)Oc2ccc(-c3ccc4c(c3)C(CCCC)(CCCC)c3cc(-c5ccc(OC(=O)c6ccc(OCCCCCCOC(=O)C=C)cc6)cc5)ccc3-4)cc2)cc1. The molecule has 10 nitrogen and oxygen atoms in total. The molecule has 6 aromatic carbocycles. The van der Waals surface area contributed by atoms with Crippen LogP contribution in [0.4, 0.5) is 0 Å². The predicted octanol–water partition coefficient (Wildman–Crippen LogP) is 15.4. The molecule has 1 aliphatic carbocycles. The Balaban J connectivity index is 0.958. The molecule has 390 valence electrons. The second kappa shape index (κ2) is 28.1. The number of carbonyl (C=O) groups is 4. The number of ether oxygens (including phenoxy) is 6. The highest BCUT2D eigenvalue weighted by Crippen LogP contribution is 2.55. The summed E-state index contributed by atoms with van der Waals surface area (Å²) in [7, 11) is 0. The van der Waals surface area contributed by atoms with Crippen LogP contribution in [0, 0.1) is 0 Å². The third-order valence-corrected chi connectivity index (χ3v) is 13.7. The standard InChI is InChI=1S/C65H70O10/c1-5-9-39-65(40-10-6-2)59-45-51(47-19-33-55(34-20-47)74-63(68)49-23-29-53(30-24-49)70-41-15-11-13-17-43-72-61(66)7-3)27-37-57(59)58-38-28-52(46-60(58)65)48-21-35-56(36-22-48)75-64(69)50-25-31-54(32-26-50)71-42-16-12-14-18-44-73-62(67)8-4/h7-8,19-38,45-46H,3-6,9-18,39-44H2,1-2H3. The van der Waals surface area contributed by atoms with E-state index in [9.17, 15) is 19.2 Å². The summed E-state index contributed by atoms with van der Waals surface area (Å²) in [6.07, 6.45) is 15.9. The van der Waals surface area contributed by atoms with Gasteiger partial charge in [-0.1, -0.05) is 101 Å². The zero-order valence-corrected chi connectivity index (χ0v) is 43.6. The summed E-state index contributed by atoms with van der Waals surface area (Å²) in [6, 6.07) is 43.2. The van der Waals surface area contributed by atoms with Gasteiger partial charge < -0.3 is 28.4 Å². The lowest BCUT2D eigenvalue weighted by molar-refractivity contribution is -0.138. The summed E-state index contributed by atoms with van der Waals surface area (Å²) in [5.74, 6) is 0.633. The summed E-state index contributed by atoms with van der Waals surface area (Å²) in [4.78, 5) is 48.6. The fourth-order valence-corrected chi connectivity index (χ4v) is 9.57. The fourth-order valence-electron chi connectivity index (χ4n) is 9.57. The number of hydrogen-bond acceptors (Lipinski definition) is 10. The van der Waals surface area contributed by atoms with Gasteiger partial charge in [0.25, 0.3) is 0 Å². The Morgan fingerprint density at radius 1 is 0.413 bits per heavy atom. The van der Waals surface area contributed by atoms with Crippen molar-refractivity contribution in [1.29, 1.82) is 0 Å². The average molecular weight is 1010 g/mol. The molecule has 0 aromatic heterocycles. The Kier molecular flexibility index (Phi) is 20.6. The highest BCUT2D eigenvalue weighted by molar-refractivity contribution is 5.92. The molecule has 0 radical (unpaired) electrons. The average Bonchev–Trinajstić information content (AvgIpc) is 3.72. The smallest absolute Gasteiger partial charge is 0.343 e. The van der Waals surface area contributed by atoms with Gasteiger partial charge in [0.15, 0.2) is 0 Å². The van der Waals surface area contributed by atoms with E-state index in [4.69, 9.17) is 28.4 Å². The number of esters is 4. The van der Waals surface area contributed by atoms with Crippen LogP contribution in [-0.2, 0) is 24.5 Å². The van der Waals surface area contributed by atoms with Crippen molar-refractivity contribution in [3.8, 4) is 56.4 Å². The van der Waals surface area contributed by atoms with Crippen LogP contribution in [0.15, 0.2) is 159 Å². The van der Waals surface area contributed by atoms with E-state index in [1.807, 2.05) is 48.5 Å². The largest absolute Gasteiger partial charge is 0.494 e. The maximum atomic E-state index is 13.2. The predicted molar refractivity (Wildman–Crippen MR) is 296 cm³/mol. The third kappa shape index (κ3) is 15.2. The van der Waals surface area contributed by atoms with Gasteiger partial charge >= 0.3 is 23.9 Å². The van der Waals surface area contributed by atoms with Crippen LogP contribution in [0.25, 0.3) is 33.4 Å². The molecule has 1 aliphatic rings. The van der Waals surface area contributed by atoms with Gasteiger partial charge in [0, 0.05) is 17.6 Å². The van der Waals surface area contributed by atoms with E-state index in [0.29, 0.717) is 60.6 Å². The molecule has 0 N–H and O–H groups in total. The van der Waals surface area contributed by atoms with Gasteiger partial charge in [0.05, 0.1) is 37.6 Å². The van der Waals surface area contributed by atoms with Crippen LogP contribution in [0.1, 0.15) is 136 Å². The molecule has 7 rings (SSSR count). The van der Waals surface area contributed by atoms with Crippen molar-refractivity contribution in [2.75, 3.05) is 26.4 Å². The number of fused-ring (bicyclic) bond motifs is 3. The molecule has 10 heteroatoms. The molecule has 0 spiro atoms. The summed E-state index contributed by atoms with van der Waals surface area (Å²) in [5, 5.41) is 0. The Hall–Kier alpha value is -7.72. The maximum Gasteiger partial charge on any atom is 0.343 e. The van der Waals surface area contributed by atoms with Gasteiger partial charge in [-0.05, 0) is 194 Å². The first-order valence-corrected chi connectivity index (χ1v) is 26.6. The van der Waals surface area contributed by atoms with Gasteiger partial charge in [-0.15, -0.1) is 0 Å². The minimum absolute atomic E-state index is 0.163. The van der Waals surface area contributed by atoms with Crippen LogP contribution in [0.5, 0.6) is 23.0 Å². The Labute approximate surface area is 442 Å². The number of hydrogen-bond donors (Lipinski definition) is 0. The van der Waals surface area contributed by atoms with Crippen LogP contribution in [-0.4, -0.2) is 50.3 Å². The topological polar surface area (TPSA) is 124 Å². The quantitative estimate of drug-likeness (QED) is 0.0186. The number of carbonyl (C=O) groups excluding carboxylic acids is 4. The van der Waals surface area contributed by atoms with Crippen LogP contribution < -0.4 is 18.9 Å². The zero-order chi connectivity index (χ0) is 52.8. The lowest BCUT2D eigenvalue weighted by atomic mass is 9.70. The second-order valence-corrected chi connectivity index (χ2v) is 19.0. The minimum Gasteiger partial charge on any atom is -0.494 e. The molecule has 6 aromatic rings. The molecule has 0 saturated carbocycles. The van der Waals surface area contributed by atoms with Crippen molar-refractivity contribution in [3.05, 3.63) is 181 Å². The molecule has 0 aliphatic heterocycles. The maximum absolute atomic E-state index is 13.2. The van der Waals surface area contributed by atoms with E-state index >= 15 is 0 Å². The fraction of sp³-hybridized carbons (Fsp3) is 0.323. The van der Waals surface area contributed by atoms with Gasteiger partial charge in [0.1, 0.15) is 23.0 Å². The van der Waals surface area contributed by atoms with Crippen molar-refractivity contribution < 1.29 is 47.6 Å². The zero-order valence-electron chi connectivity index (χ0n) is 43.6. The van der Waals surface area contributed by atoms with E-state index in [-0.39, 0.29) is 5.41 Å². The van der Waals surface area contributed by atoms with Crippen molar-refractivity contribution in [1.82, 2.24) is 0 Å². The van der Waals surface area contributed by atoms with E-state index in [0.717, 1.165) is 112 Å². The minimum atomic E-state index is -0.440. The van der Waals surface area contributed by atoms with Crippen LogP contribution in [0.2, 0.25) is 0 Å². The second-order valence-electron chi connectivity index (χ2n) is 19.0. The number of benzene rings is 6. The van der Waals surface area contributed by atoms with E-state index < -0.39 is 23.9 Å². The summed E-state index contributed by atoms with van der Waals surface area (Å²) in [6.45, 7) is 13.2. The molecule has 0 amide bonds. The number of unbranched alkanes of at least 4 members (excludes halogenated alkanes) is 8. The normalized spacial score (nSPS) is 11.9. The van der Waals surface area contributed by atoms with Gasteiger partial charge in [0.2, 0.25) is 0 Å². The van der Waals surface area contributed by atoms with Crippen LogP contribution in [0.3, 0.4) is 0 Å². The van der Waals surface area contributed by atoms with Crippen molar-refractivity contribution >= 4 is 23.9 Å². The molecule has 0 heterocycles. The lowest BCUT2D eigenvalue weighted by Gasteiger charge is -2.33. The van der Waals surface area contributed by atoms with E-state index in [1.54, 1.807) is 48.5 Å². The number of rotatable bonds is 30. The van der Waals surface area contributed by atoms with E-state index in [1.165, 1.54) is 34.4 Å². The lowest BCUT2D eigenvalue weighted by Crippen LogP contribution is -2.25. The monoisotopic (exact) mass is 1010 g/mol. The highest BCUT2D eigenvalue weighted by atomic mass is 16.5. The van der Waals surface area contributed by atoms with Crippen molar-refractivity contribution in [2.45, 2.75) is 109 Å². The first-order valence-electron chi connectivity index (χ1n) is 26.6. The first kappa shape index (κ1) is 55.0. The van der Waals surface area contributed by atoms with Crippen molar-refractivity contribution in [3.63, 3.8) is 0 Å².